The summed E-state index contributed by atoms with van der Waals surface area (Å²) in [4.78, 5) is 73.0. The van der Waals surface area contributed by atoms with Crippen molar-refractivity contribution < 1.29 is 80.2 Å². The summed E-state index contributed by atoms with van der Waals surface area (Å²) < 4.78 is 68.7. The van der Waals surface area contributed by atoms with Crippen LogP contribution in [0.3, 0.4) is 0 Å². The van der Waals surface area contributed by atoms with E-state index < -0.39 is 97.5 Å². The number of unbranched alkanes of at least 4 members (excludes halogenated alkanes) is 53. The quantitative estimate of drug-likeness (QED) is 0.0222. The van der Waals surface area contributed by atoms with Crippen LogP contribution in [0.2, 0.25) is 0 Å². The predicted molar refractivity (Wildman–Crippen MR) is 409 cm³/mol. The number of carbonyl (C=O) groups excluding carboxylic acids is 4. The average molecular weight is 1470 g/mol. The number of ether oxygens (including phenoxy) is 4. The lowest BCUT2D eigenvalue weighted by atomic mass is 10.0. The predicted octanol–water partition coefficient (Wildman–Crippen LogP) is 24.4. The molecule has 2 unspecified atom stereocenters. The fourth-order valence-corrected chi connectivity index (χ4v) is 14.2. The van der Waals surface area contributed by atoms with Crippen molar-refractivity contribution in [2.75, 3.05) is 39.6 Å². The van der Waals surface area contributed by atoms with E-state index in [0.29, 0.717) is 31.6 Å². The van der Waals surface area contributed by atoms with Gasteiger partial charge in [-0.1, -0.05) is 381 Å². The fraction of sp³-hybridized carbons (Fsp3) is 0.951. The van der Waals surface area contributed by atoms with E-state index in [1.54, 1.807) is 0 Å². The Morgan fingerprint density at radius 1 is 0.270 bits per heavy atom. The molecule has 0 spiro atoms. The van der Waals surface area contributed by atoms with Crippen molar-refractivity contribution in [2.24, 2.45) is 5.92 Å². The van der Waals surface area contributed by atoms with Crippen LogP contribution in [0, 0.1) is 5.92 Å². The van der Waals surface area contributed by atoms with Crippen LogP contribution in [-0.4, -0.2) is 96.7 Å². The van der Waals surface area contributed by atoms with Gasteiger partial charge in [0, 0.05) is 25.7 Å². The number of phosphoric ester groups is 2. The molecule has 0 aromatic rings. The van der Waals surface area contributed by atoms with E-state index in [1.165, 1.54) is 250 Å². The minimum Gasteiger partial charge on any atom is -0.462 e. The molecule has 100 heavy (non-hydrogen) atoms. The Kier molecular flexibility index (Phi) is 72.5. The average Bonchev–Trinajstić information content (AvgIpc) is 0.928. The van der Waals surface area contributed by atoms with E-state index in [1.807, 2.05) is 0 Å². The van der Waals surface area contributed by atoms with Gasteiger partial charge < -0.3 is 33.8 Å². The van der Waals surface area contributed by atoms with Gasteiger partial charge in [-0.15, -0.1) is 0 Å². The van der Waals surface area contributed by atoms with Crippen molar-refractivity contribution >= 4 is 39.5 Å². The molecule has 0 aromatic heterocycles. The molecule has 0 bridgehead atoms. The van der Waals surface area contributed by atoms with Gasteiger partial charge in [0.05, 0.1) is 26.4 Å². The third kappa shape index (κ3) is 74.3. The molecule has 0 saturated carbocycles. The Hall–Kier alpha value is -1.94. The third-order valence-electron chi connectivity index (χ3n) is 19.0. The minimum absolute atomic E-state index is 0.108. The number of hydrogen-bond donors (Lipinski definition) is 3. The molecule has 0 aliphatic rings. The number of carbonyl (C=O) groups is 4. The van der Waals surface area contributed by atoms with Gasteiger partial charge in [0.1, 0.15) is 19.3 Å². The summed E-state index contributed by atoms with van der Waals surface area (Å²) in [5, 5.41) is 10.6. The number of hydrogen-bond acceptors (Lipinski definition) is 15. The van der Waals surface area contributed by atoms with Crippen molar-refractivity contribution in [3.05, 3.63) is 0 Å². The first-order valence-electron chi connectivity index (χ1n) is 42.1. The Morgan fingerprint density at radius 3 is 0.680 bits per heavy atom. The summed E-state index contributed by atoms with van der Waals surface area (Å²) in [7, 11) is -9.92. The van der Waals surface area contributed by atoms with Crippen molar-refractivity contribution in [1.82, 2.24) is 0 Å². The Labute approximate surface area is 613 Å². The van der Waals surface area contributed by atoms with Crippen LogP contribution in [0.5, 0.6) is 0 Å². The van der Waals surface area contributed by atoms with Gasteiger partial charge in [-0.3, -0.25) is 37.3 Å². The molecule has 0 aliphatic heterocycles. The molecule has 0 saturated heterocycles. The fourth-order valence-electron chi connectivity index (χ4n) is 12.6. The van der Waals surface area contributed by atoms with E-state index in [9.17, 15) is 43.2 Å². The number of rotatable bonds is 81. The number of esters is 4. The van der Waals surface area contributed by atoms with E-state index >= 15 is 0 Å². The molecule has 0 fully saturated rings. The van der Waals surface area contributed by atoms with Crippen LogP contribution in [0.25, 0.3) is 0 Å². The maximum atomic E-state index is 13.1. The minimum atomic E-state index is -4.96. The van der Waals surface area contributed by atoms with Crippen molar-refractivity contribution in [2.45, 2.75) is 451 Å². The van der Waals surface area contributed by atoms with Gasteiger partial charge in [0.15, 0.2) is 12.2 Å². The monoisotopic (exact) mass is 1470 g/mol. The van der Waals surface area contributed by atoms with E-state index in [2.05, 4.69) is 34.6 Å². The largest absolute Gasteiger partial charge is 0.472 e. The van der Waals surface area contributed by atoms with Crippen LogP contribution in [0.1, 0.15) is 433 Å². The normalized spacial score (nSPS) is 13.8. The summed E-state index contributed by atoms with van der Waals surface area (Å²) in [5.74, 6) is -1.43. The second kappa shape index (κ2) is 73.9. The lowest BCUT2D eigenvalue weighted by molar-refractivity contribution is -0.161. The van der Waals surface area contributed by atoms with Crippen LogP contribution >= 0.6 is 15.6 Å². The number of phosphoric acid groups is 2. The number of aliphatic hydroxyl groups is 1. The molecule has 594 valence electrons. The molecule has 0 rings (SSSR count). The van der Waals surface area contributed by atoms with Crippen LogP contribution in [0.15, 0.2) is 0 Å². The lowest BCUT2D eigenvalue weighted by Gasteiger charge is -2.21. The highest BCUT2D eigenvalue weighted by Gasteiger charge is 2.30. The Bertz CT molecular complexity index is 1910. The maximum absolute atomic E-state index is 13.1. The van der Waals surface area contributed by atoms with Gasteiger partial charge in [0.2, 0.25) is 0 Å². The lowest BCUT2D eigenvalue weighted by Crippen LogP contribution is -2.30. The first-order chi connectivity index (χ1) is 48.5. The summed E-state index contributed by atoms with van der Waals surface area (Å²) in [6.45, 7) is 7.26. The summed E-state index contributed by atoms with van der Waals surface area (Å²) in [5.41, 5.74) is 0. The topological polar surface area (TPSA) is 237 Å². The van der Waals surface area contributed by atoms with Gasteiger partial charge in [-0.05, 0) is 31.6 Å². The molecule has 5 atom stereocenters. The summed E-state index contributed by atoms with van der Waals surface area (Å²) in [6.07, 6.45) is 65.4. The molecule has 3 N–H and O–H groups in total. The zero-order chi connectivity index (χ0) is 73.4. The first-order valence-corrected chi connectivity index (χ1v) is 45.1. The van der Waals surface area contributed by atoms with Crippen LogP contribution in [-0.2, 0) is 65.4 Å². The second-order valence-electron chi connectivity index (χ2n) is 29.6. The highest BCUT2D eigenvalue weighted by Crippen LogP contribution is 2.45. The smallest absolute Gasteiger partial charge is 0.462 e. The molecular formula is C81H158O17P2. The highest BCUT2D eigenvalue weighted by atomic mass is 31.2. The Balaban J connectivity index is 5.22. The zero-order valence-corrected chi connectivity index (χ0v) is 67.1. The molecule has 0 heterocycles. The highest BCUT2D eigenvalue weighted by molar-refractivity contribution is 7.47. The van der Waals surface area contributed by atoms with Gasteiger partial charge >= 0.3 is 39.5 Å². The first kappa shape index (κ1) is 98.1. The van der Waals surface area contributed by atoms with Crippen molar-refractivity contribution in [3.63, 3.8) is 0 Å². The third-order valence-corrected chi connectivity index (χ3v) is 20.9. The Morgan fingerprint density at radius 2 is 0.460 bits per heavy atom. The zero-order valence-electron chi connectivity index (χ0n) is 65.3. The second-order valence-corrected chi connectivity index (χ2v) is 32.5. The maximum Gasteiger partial charge on any atom is 0.472 e. The molecule has 17 nitrogen and oxygen atoms in total. The van der Waals surface area contributed by atoms with Crippen molar-refractivity contribution in [1.29, 1.82) is 0 Å². The van der Waals surface area contributed by atoms with E-state index in [-0.39, 0.29) is 25.7 Å². The molecular weight excluding hydrogens is 1310 g/mol. The van der Waals surface area contributed by atoms with Crippen LogP contribution in [0.4, 0.5) is 0 Å². The van der Waals surface area contributed by atoms with E-state index in [0.717, 1.165) is 96.3 Å². The molecule has 0 aliphatic carbocycles. The van der Waals surface area contributed by atoms with Gasteiger partial charge in [0.25, 0.3) is 0 Å². The SMILES string of the molecule is CCCCCCCCCCCCCCCCCCCC(=O)OC[C@H](COP(=O)(O)OC[C@@H](O)COP(=O)(O)OC[C@@H](COC(=O)CCCCCCCCC(C)C)OC(=O)CCCCCCCCCCCCCCCCCCC)OC(=O)CCCCCCCCCCCCCCCCCCC. The molecule has 0 aromatic carbocycles. The molecule has 0 amide bonds. The summed E-state index contributed by atoms with van der Waals surface area (Å²) >= 11 is 0. The van der Waals surface area contributed by atoms with Crippen LogP contribution < -0.4 is 0 Å². The molecule has 19 heteroatoms. The van der Waals surface area contributed by atoms with Gasteiger partial charge in [-0.2, -0.15) is 0 Å². The van der Waals surface area contributed by atoms with E-state index in [4.69, 9.17) is 37.0 Å². The molecule has 0 radical (unpaired) electrons. The van der Waals surface area contributed by atoms with Gasteiger partial charge in [-0.25, -0.2) is 9.13 Å². The number of aliphatic hydroxyl groups excluding tert-OH is 1. The summed E-state index contributed by atoms with van der Waals surface area (Å²) in [6, 6.07) is 0. The van der Waals surface area contributed by atoms with Crippen molar-refractivity contribution in [3.8, 4) is 0 Å². The standard InChI is InChI=1S/C81H158O17P2/c1-6-9-12-15-18-21-24-27-30-33-36-39-42-45-48-54-59-64-78(83)91-70-76(97-80(85)66-61-56-49-46-43-40-37-34-31-28-25-22-19-16-13-10-7-2)72-95-99(87,88)93-68-75(82)69-94-100(89,90)96-73-77(71-92-79(84)65-60-55-52-51-53-58-63-74(4)5)98-81(86)67-62-57-50-47-44-41-38-35-32-29-26-23-20-17-14-11-8-3/h74-77,82H,6-73H2,1-5H3,(H,87,88)(H,89,90)/t75-,76-,77-/m1/s1.